The second kappa shape index (κ2) is 5.27. The first-order valence-corrected chi connectivity index (χ1v) is 6.69. The van der Waals surface area contributed by atoms with Crippen LogP contribution in [0.15, 0.2) is 52.9 Å². The molecule has 0 aliphatic rings. The number of rotatable bonds is 3. The minimum Gasteiger partial charge on any atom is -0.456 e. The molecule has 4 heteroatoms. The van der Waals surface area contributed by atoms with Crippen LogP contribution >= 0.6 is 11.6 Å². The Morgan fingerprint density at radius 2 is 1.90 bits per heavy atom. The molecule has 0 aliphatic heterocycles. The quantitative estimate of drug-likeness (QED) is 0.773. The molecule has 0 saturated carbocycles. The van der Waals surface area contributed by atoms with Crippen molar-refractivity contribution < 1.29 is 8.81 Å². The lowest BCUT2D eigenvalue weighted by Crippen LogP contribution is -2.12. The largest absolute Gasteiger partial charge is 0.456 e. The van der Waals surface area contributed by atoms with E-state index < -0.39 is 0 Å². The minimum atomic E-state index is -0.368. The topological polar surface area (TPSA) is 39.2 Å². The van der Waals surface area contributed by atoms with Crippen molar-refractivity contribution in [1.82, 2.24) is 0 Å². The van der Waals surface area contributed by atoms with Gasteiger partial charge < -0.3 is 10.2 Å². The first-order chi connectivity index (χ1) is 9.63. The molecule has 1 aromatic heterocycles. The molecule has 2 N–H and O–H groups in total. The van der Waals surface area contributed by atoms with Gasteiger partial charge in [-0.15, -0.1) is 0 Å². The summed E-state index contributed by atoms with van der Waals surface area (Å²) in [5.74, 6) is 0.215. The predicted octanol–water partition coefficient (Wildman–Crippen LogP) is 4.47. The molecule has 2 nitrogen and oxygen atoms in total. The van der Waals surface area contributed by atoms with Gasteiger partial charge in [-0.3, -0.25) is 0 Å². The molecular weight excluding hydrogens is 277 g/mol. The van der Waals surface area contributed by atoms with Crippen LogP contribution in [0.1, 0.15) is 17.4 Å². The van der Waals surface area contributed by atoms with Gasteiger partial charge in [0.2, 0.25) is 0 Å². The summed E-state index contributed by atoms with van der Waals surface area (Å²) >= 11 is 5.84. The van der Waals surface area contributed by atoms with E-state index in [4.69, 9.17) is 21.8 Å². The summed E-state index contributed by atoms with van der Waals surface area (Å²) in [4.78, 5) is 0. The highest BCUT2D eigenvalue weighted by Crippen LogP contribution is 2.26. The molecule has 3 aromatic rings. The van der Waals surface area contributed by atoms with Crippen LogP contribution in [0.5, 0.6) is 0 Å². The molecule has 0 spiro atoms. The Balaban J connectivity index is 1.86. The van der Waals surface area contributed by atoms with Crippen molar-refractivity contribution in [3.05, 3.63) is 70.7 Å². The van der Waals surface area contributed by atoms with Gasteiger partial charge in [0.1, 0.15) is 5.76 Å². The maximum Gasteiger partial charge on any atom is 0.169 e. The van der Waals surface area contributed by atoms with Crippen molar-refractivity contribution in [2.24, 2.45) is 5.73 Å². The van der Waals surface area contributed by atoms with Gasteiger partial charge in [-0.1, -0.05) is 35.9 Å². The summed E-state index contributed by atoms with van der Waals surface area (Å²) in [6.07, 6.45) is 0.610. The third kappa shape index (κ3) is 2.55. The average molecular weight is 290 g/mol. The Labute approximate surface area is 121 Å². The third-order valence-electron chi connectivity index (χ3n) is 3.25. The number of halogens is 2. The summed E-state index contributed by atoms with van der Waals surface area (Å²) < 4.78 is 19.1. The van der Waals surface area contributed by atoms with E-state index in [0.29, 0.717) is 17.2 Å². The van der Waals surface area contributed by atoms with E-state index in [1.54, 1.807) is 18.2 Å². The van der Waals surface area contributed by atoms with Gasteiger partial charge in [-0.25, -0.2) is 4.39 Å². The maximum absolute atomic E-state index is 13.6. The van der Waals surface area contributed by atoms with Crippen molar-refractivity contribution in [2.75, 3.05) is 0 Å². The van der Waals surface area contributed by atoms with Crippen LogP contribution in [0.25, 0.3) is 11.0 Å². The van der Waals surface area contributed by atoms with Gasteiger partial charge >= 0.3 is 0 Å². The number of fused-ring (bicyclic) bond motifs is 1. The number of nitrogens with two attached hydrogens (primary N) is 1. The molecule has 0 radical (unpaired) electrons. The summed E-state index contributed by atoms with van der Waals surface area (Å²) in [5.41, 5.74) is 7.45. The SMILES string of the molecule is NC(Cc1ccc(Cl)cc1)c1cc2cccc(F)c2o1. The minimum absolute atomic E-state index is 0.258. The van der Waals surface area contributed by atoms with Crippen molar-refractivity contribution in [1.29, 1.82) is 0 Å². The Bertz CT molecular complexity index is 736. The first kappa shape index (κ1) is 13.2. The zero-order valence-corrected chi connectivity index (χ0v) is 11.4. The maximum atomic E-state index is 13.6. The molecule has 20 heavy (non-hydrogen) atoms. The molecule has 1 unspecified atom stereocenters. The van der Waals surface area contributed by atoms with Gasteiger partial charge in [0, 0.05) is 10.4 Å². The standard InChI is InChI=1S/C16H13ClFNO/c17-12-6-4-10(5-7-12)8-14(19)15-9-11-2-1-3-13(18)16(11)20-15/h1-7,9,14H,8,19H2. The molecule has 3 rings (SSSR count). The number of benzene rings is 2. The number of hydrogen-bond acceptors (Lipinski definition) is 2. The first-order valence-electron chi connectivity index (χ1n) is 6.31. The van der Waals surface area contributed by atoms with Crippen LogP contribution in [0, 0.1) is 5.82 Å². The summed E-state index contributed by atoms with van der Waals surface area (Å²) in [5, 5.41) is 1.42. The zero-order valence-electron chi connectivity index (χ0n) is 10.6. The predicted molar refractivity (Wildman–Crippen MR) is 78.3 cm³/mol. The second-order valence-electron chi connectivity index (χ2n) is 4.74. The fraction of sp³-hybridized carbons (Fsp3) is 0.125. The fourth-order valence-corrected chi connectivity index (χ4v) is 2.33. The van der Waals surface area contributed by atoms with Crippen LogP contribution < -0.4 is 5.73 Å². The summed E-state index contributed by atoms with van der Waals surface area (Å²) in [6, 6.07) is 13.8. The van der Waals surface area contributed by atoms with E-state index in [0.717, 1.165) is 10.9 Å². The van der Waals surface area contributed by atoms with Gasteiger partial charge in [0.15, 0.2) is 11.4 Å². The van der Waals surface area contributed by atoms with Gasteiger partial charge in [-0.2, -0.15) is 0 Å². The van der Waals surface area contributed by atoms with Crippen molar-refractivity contribution in [2.45, 2.75) is 12.5 Å². The van der Waals surface area contributed by atoms with Crippen molar-refractivity contribution in [3.63, 3.8) is 0 Å². The Morgan fingerprint density at radius 1 is 1.15 bits per heavy atom. The van der Waals surface area contributed by atoms with Gasteiger partial charge in [0.05, 0.1) is 6.04 Å². The van der Waals surface area contributed by atoms with Crippen LogP contribution in [0.3, 0.4) is 0 Å². The van der Waals surface area contributed by atoms with Crippen LogP contribution in [0.2, 0.25) is 5.02 Å². The molecule has 2 aromatic carbocycles. The zero-order chi connectivity index (χ0) is 14.1. The normalized spacial score (nSPS) is 12.8. The van der Waals surface area contributed by atoms with E-state index in [-0.39, 0.29) is 17.4 Å². The van der Waals surface area contributed by atoms with Crippen LogP contribution in [-0.4, -0.2) is 0 Å². The smallest absolute Gasteiger partial charge is 0.169 e. The molecule has 102 valence electrons. The number of para-hydroxylation sites is 1. The summed E-state index contributed by atoms with van der Waals surface area (Å²) in [6.45, 7) is 0. The molecule has 1 atom stereocenters. The Hall–Kier alpha value is -1.84. The lowest BCUT2D eigenvalue weighted by atomic mass is 10.0. The molecular formula is C16H13ClFNO. The number of hydrogen-bond donors (Lipinski definition) is 1. The average Bonchev–Trinajstić information content (AvgIpc) is 2.87. The molecule has 0 bridgehead atoms. The molecule has 0 saturated heterocycles. The van der Waals surface area contributed by atoms with E-state index in [1.807, 2.05) is 24.3 Å². The van der Waals surface area contributed by atoms with Crippen molar-refractivity contribution in [3.8, 4) is 0 Å². The highest BCUT2D eigenvalue weighted by molar-refractivity contribution is 6.30. The number of furan rings is 1. The monoisotopic (exact) mass is 289 g/mol. The molecule has 0 fully saturated rings. The Kier molecular flexibility index (Phi) is 3.47. The fourth-order valence-electron chi connectivity index (χ4n) is 2.21. The summed E-state index contributed by atoms with van der Waals surface area (Å²) in [7, 11) is 0. The van der Waals surface area contributed by atoms with Crippen molar-refractivity contribution >= 4 is 22.6 Å². The lowest BCUT2D eigenvalue weighted by Gasteiger charge is -2.08. The molecule has 0 amide bonds. The van der Waals surface area contributed by atoms with E-state index in [2.05, 4.69) is 0 Å². The van der Waals surface area contributed by atoms with Crippen LogP contribution in [0.4, 0.5) is 4.39 Å². The van der Waals surface area contributed by atoms with Gasteiger partial charge in [-0.05, 0) is 36.2 Å². The van der Waals surface area contributed by atoms with E-state index >= 15 is 0 Å². The lowest BCUT2D eigenvalue weighted by molar-refractivity contribution is 0.478. The van der Waals surface area contributed by atoms with E-state index in [1.165, 1.54) is 6.07 Å². The Morgan fingerprint density at radius 3 is 2.60 bits per heavy atom. The van der Waals surface area contributed by atoms with E-state index in [9.17, 15) is 4.39 Å². The highest BCUT2D eigenvalue weighted by Gasteiger charge is 2.14. The molecule has 1 heterocycles. The second-order valence-corrected chi connectivity index (χ2v) is 5.18. The third-order valence-corrected chi connectivity index (χ3v) is 3.50. The van der Waals surface area contributed by atoms with Crippen LogP contribution in [-0.2, 0) is 6.42 Å². The van der Waals surface area contributed by atoms with Gasteiger partial charge in [0.25, 0.3) is 0 Å². The highest BCUT2D eigenvalue weighted by atomic mass is 35.5. The molecule has 0 aliphatic carbocycles.